The quantitative estimate of drug-likeness (QED) is 0.504. The van der Waals surface area contributed by atoms with Gasteiger partial charge in [0.25, 0.3) is 0 Å². The largest absolute Gasteiger partial charge is 0.493 e. The van der Waals surface area contributed by atoms with Crippen LogP contribution in [-0.4, -0.2) is 91.6 Å². The Morgan fingerprint density at radius 1 is 1.26 bits per heavy atom. The number of β-amino-alcohol motifs (C(OH)–C–C–N with tert-alkyl or cyclic N) is 1. The second-order valence-electron chi connectivity index (χ2n) is 11.7. The molecular weight excluding hydrogens is 487 g/mol. The first kappa shape index (κ1) is 27.1. The summed E-state index contributed by atoms with van der Waals surface area (Å²) in [5.74, 6) is 3.00. The number of aliphatic hydroxyl groups excluding tert-OH is 1. The molecule has 1 aromatic carbocycles. The van der Waals surface area contributed by atoms with Gasteiger partial charge in [-0.2, -0.15) is 0 Å². The van der Waals surface area contributed by atoms with Gasteiger partial charge in [0.2, 0.25) is 11.9 Å². The molecule has 3 heterocycles. The van der Waals surface area contributed by atoms with Gasteiger partial charge >= 0.3 is 0 Å². The highest BCUT2D eigenvalue weighted by Crippen LogP contribution is 2.49. The van der Waals surface area contributed by atoms with Crippen molar-refractivity contribution in [2.45, 2.75) is 52.1 Å². The number of amides is 1. The molecule has 1 amide bonds. The maximum absolute atomic E-state index is 14.5. The van der Waals surface area contributed by atoms with Crippen LogP contribution in [0.3, 0.4) is 0 Å². The number of ether oxygens (including phenoxy) is 2. The lowest BCUT2D eigenvalue weighted by molar-refractivity contribution is -0.140. The molecule has 0 spiro atoms. The zero-order chi connectivity index (χ0) is 26.7. The predicted octanol–water partition coefficient (Wildman–Crippen LogP) is 3.17. The SMILES string of the molecule is CCOCC1(C)C=NC(N2CCC(C3C[C@H]3CCOc3ccc(CC(=O)N4CC(O)C4)c(F)c3)CC2)=NC1. The molecule has 1 aliphatic carbocycles. The molecular formula is C29H41FN4O4. The highest BCUT2D eigenvalue weighted by molar-refractivity contribution is 5.91. The third-order valence-corrected chi connectivity index (χ3v) is 8.45. The molecule has 0 radical (unpaired) electrons. The zero-order valence-corrected chi connectivity index (χ0v) is 22.6. The molecule has 2 saturated heterocycles. The van der Waals surface area contributed by atoms with Crippen LogP contribution in [0.25, 0.3) is 0 Å². The van der Waals surface area contributed by atoms with E-state index in [1.54, 1.807) is 17.0 Å². The molecule has 9 heteroatoms. The molecule has 1 aromatic rings. The number of guanidine groups is 1. The molecule has 8 nitrogen and oxygen atoms in total. The summed E-state index contributed by atoms with van der Waals surface area (Å²) in [6.07, 6.45) is 6.17. The van der Waals surface area contributed by atoms with Crippen LogP contribution in [0, 0.1) is 29.0 Å². The summed E-state index contributed by atoms with van der Waals surface area (Å²) in [6, 6.07) is 4.75. The third kappa shape index (κ3) is 6.54. The number of aliphatic imine (C=N–C) groups is 2. The number of hydrogen-bond donors (Lipinski definition) is 1. The summed E-state index contributed by atoms with van der Waals surface area (Å²) in [4.78, 5) is 25.5. The van der Waals surface area contributed by atoms with Crippen LogP contribution >= 0.6 is 0 Å². The highest BCUT2D eigenvalue weighted by atomic mass is 19.1. The fraction of sp³-hybridized carbons (Fsp3) is 0.690. The van der Waals surface area contributed by atoms with E-state index in [2.05, 4.69) is 16.8 Å². The van der Waals surface area contributed by atoms with E-state index in [-0.39, 0.29) is 17.7 Å². The van der Waals surface area contributed by atoms with Crippen LogP contribution in [0.1, 0.15) is 45.1 Å². The van der Waals surface area contributed by atoms with Crippen LogP contribution in [0.2, 0.25) is 0 Å². The third-order valence-electron chi connectivity index (χ3n) is 8.45. The summed E-state index contributed by atoms with van der Waals surface area (Å²) in [6.45, 7) is 9.52. The molecule has 1 saturated carbocycles. The maximum atomic E-state index is 14.5. The molecule has 4 aliphatic rings. The second kappa shape index (κ2) is 11.7. The average Bonchev–Trinajstić information content (AvgIpc) is 3.67. The van der Waals surface area contributed by atoms with Crippen LogP contribution < -0.4 is 4.74 Å². The van der Waals surface area contributed by atoms with E-state index in [0.29, 0.717) is 50.1 Å². The maximum Gasteiger partial charge on any atom is 0.227 e. The Morgan fingerprint density at radius 3 is 2.71 bits per heavy atom. The van der Waals surface area contributed by atoms with E-state index in [1.807, 2.05) is 13.1 Å². The lowest BCUT2D eigenvalue weighted by Crippen LogP contribution is -2.54. The normalized spacial score (nSPS) is 27.7. The fourth-order valence-electron chi connectivity index (χ4n) is 5.88. The predicted molar refractivity (Wildman–Crippen MR) is 144 cm³/mol. The molecule has 208 valence electrons. The summed E-state index contributed by atoms with van der Waals surface area (Å²) in [7, 11) is 0. The highest BCUT2D eigenvalue weighted by Gasteiger charge is 2.43. The van der Waals surface area contributed by atoms with E-state index in [9.17, 15) is 14.3 Å². The Balaban J connectivity index is 0.993. The molecule has 1 N–H and O–H groups in total. The van der Waals surface area contributed by atoms with Crippen molar-refractivity contribution < 1.29 is 23.8 Å². The zero-order valence-electron chi connectivity index (χ0n) is 22.6. The van der Waals surface area contributed by atoms with Crippen LogP contribution in [-0.2, 0) is 16.0 Å². The lowest BCUT2D eigenvalue weighted by Gasteiger charge is -2.35. The van der Waals surface area contributed by atoms with Crippen LogP contribution in [0.4, 0.5) is 4.39 Å². The smallest absolute Gasteiger partial charge is 0.227 e. The Kier molecular flexibility index (Phi) is 8.33. The topological polar surface area (TPSA) is 87.0 Å². The van der Waals surface area contributed by atoms with Gasteiger partial charge in [-0.15, -0.1) is 0 Å². The van der Waals surface area contributed by atoms with Crippen molar-refractivity contribution >= 4 is 18.1 Å². The minimum Gasteiger partial charge on any atom is -0.493 e. The minimum atomic E-state index is -0.451. The Labute approximate surface area is 224 Å². The summed E-state index contributed by atoms with van der Waals surface area (Å²) < 4.78 is 25.9. The van der Waals surface area contributed by atoms with Gasteiger partial charge in [-0.3, -0.25) is 9.79 Å². The van der Waals surface area contributed by atoms with Crippen LogP contribution in [0.15, 0.2) is 28.2 Å². The molecule has 3 fully saturated rings. The van der Waals surface area contributed by atoms with E-state index < -0.39 is 11.9 Å². The number of likely N-dealkylation sites (tertiary alicyclic amines) is 2. The lowest BCUT2D eigenvalue weighted by atomic mass is 9.90. The van der Waals surface area contributed by atoms with Gasteiger partial charge in [0.1, 0.15) is 11.6 Å². The second-order valence-corrected chi connectivity index (χ2v) is 11.7. The minimum absolute atomic E-state index is 0.00833. The molecule has 2 unspecified atom stereocenters. The number of hydrogen-bond acceptors (Lipinski definition) is 7. The summed E-state index contributed by atoms with van der Waals surface area (Å²) in [5, 5.41) is 9.34. The first-order valence-corrected chi connectivity index (χ1v) is 14.1. The number of benzene rings is 1. The van der Waals surface area contributed by atoms with E-state index in [4.69, 9.17) is 14.5 Å². The Morgan fingerprint density at radius 2 is 2.05 bits per heavy atom. The van der Waals surface area contributed by atoms with Gasteiger partial charge in [-0.05, 0) is 62.0 Å². The number of halogens is 1. The number of carbonyl (C=O) groups excluding carboxylic acids is 1. The molecule has 38 heavy (non-hydrogen) atoms. The van der Waals surface area contributed by atoms with Gasteiger partial charge in [0, 0.05) is 50.5 Å². The van der Waals surface area contributed by atoms with E-state index >= 15 is 0 Å². The summed E-state index contributed by atoms with van der Waals surface area (Å²) in [5.41, 5.74) is 0.259. The number of nitrogens with zero attached hydrogens (tertiary/aromatic N) is 4. The number of aliphatic hydroxyl groups is 1. The summed E-state index contributed by atoms with van der Waals surface area (Å²) >= 11 is 0. The first-order chi connectivity index (χ1) is 18.3. The molecule has 3 atom stereocenters. The molecule has 0 aromatic heterocycles. The monoisotopic (exact) mass is 528 g/mol. The molecule has 3 aliphatic heterocycles. The van der Waals surface area contributed by atoms with Gasteiger partial charge in [0.15, 0.2) is 0 Å². The Bertz CT molecular complexity index is 1050. The van der Waals surface area contributed by atoms with Crippen molar-refractivity contribution in [3.05, 3.63) is 29.6 Å². The van der Waals surface area contributed by atoms with E-state index in [1.165, 1.54) is 25.3 Å². The molecule has 0 bridgehead atoms. The van der Waals surface area contributed by atoms with Crippen molar-refractivity contribution in [1.29, 1.82) is 0 Å². The van der Waals surface area contributed by atoms with Gasteiger partial charge < -0.3 is 24.4 Å². The first-order valence-electron chi connectivity index (χ1n) is 14.1. The number of piperidine rings is 1. The van der Waals surface area contributed by atoms with Gasteiger partial charge in [-0.25, -0.2) is 9.38 Å². The number of rotatable bonds is 10. The fourth-order valence-corrected chi connectivity index (χ4v) is 5.88. The van der Waals surface area contributed by atoms with Gasteiger partial charge in [0.05, 0.1) is 32.3 Å². The van der Waals surface area contributed by atoms with Crippen molar-refractivity contribution in [3.8, 4) is 5.75 Å². The van der Waals surface area contributed by atoms with Crippen molar-refractivity contribution in [3.63, 3.8) is 0 Å². The van der Waals surface area contributed by atoms with Crippen molar-refractivity contribution in [1.82, 2.24) is 9.80 Å². The standard InChI is InChI=1S/C29H41FN4O4/c1-3-37-19-29(2)17-31-28(32-18-29)33-9-6-20(7-10-33)25-12-21(25)8-11-38-24-5-4-22(26(30)14-24)13-27(36)34-15-23(35)16-34/h4-5,14,17,20-21,23,25,35H,3,6-13,15-16,18-19H2,1-2H3/t21-,25?,29?/m1/s1. The molecule has 5 rings (SSSR count). The van der Waals surface area contributed by atoms with Crippen molar-refractivity contribution in [2.75, 3.05) is 52.5 Å². The van der Waals surface area contributed by atoms with E-state index in [0.717, 1.165) is 43.9 Å². The average molecular weight is 529 g/mol. The van der Waals surface area contributed by atoms with Crippen molar-refractivity contribution in [2.24, 2.45) is 33.2 Å². The van der Waals surface area contributed by atoms with Crippen LogP contribution in [0.5, 0.6) is 5.75 Å². The Hall–Kier alpha value is -2.52. The number of carbonyl (C=O) groups is 1. The van der Waals surface area contributed by atoms with Gasteiger partial charge in [-0.1, -0.05) is 13.0 Å².